The first kappa shape index (κ1) is 9.70. The van der Waals surface area contributed by atoms with E-state index in [0.29, 0.717) is 0 Å². The summed E-state index contributed by atoms with van der Waals surface area (Å²) in [5, 5.41) is 8.93. The van der Waals surface area contributed by atoms with Crippen LogP contribution in [0.3, 0.4) is 0 Å². The Morgan fingerprint density at radius 2 is 2.31 bits per heavy atom. The molecular weight excluding hydrogens is 198 g/mol. The van der Waals surface area contributed by atoms with Gasteiger partial charge in [-0.1, -0.05) is 12.8 Å². The molecule has 0 amide bonds. The molecule has 2 aromatic rings. The van der Waals surface area contributed by atoms with Gasteiger partial charge in [-0.25, -0.2) is 0 Å². The molecule has 0 atom stereocenters. The maximum absolute atomic E-state index is 4.24. The maximum Gasteiger partial charge on any atom is 0.0680 e. The molecule has 1 aliphatic carbocycles. The Kier molecular flexibility index (Phi) is 2.31. The van der Waals surface area contributed by atoms with Crippen LogP contribution in [-0.2, 0) is 7.05 Å². The molecule has 1 N–H and O–H groups in total. The molecule has 1 aliphatic rings. The number of nitrogens with one attached hydrogen (secondary N) is 1. The second-order valence-corrected chi connectivity index (χ2v) is 4.70. The van der Waals surface area contributed by atoms with E-state index >= 15 is 0 Å². The van der Waals surface area contributed by atoms with Crippen LogP contribution in [-0.4, -0.2) is 16.3 Å². The van der Waals surface area contributed by atoms with Crippen LogP contribution in [0.25, 0.3) is 10.9 Å². The number of rotatable bonds is 4. The van der Waals surface area contributed by atoms with Crippen molar-refractivity contribution in [3.63, 3.8) is 0 Å². The SMILES string of the molecule is Cn1ncc2cc(NCCC3CC3)ccc21. The van der Waals surface area contributed by atoms with Gasteiger partial charge in [-0.15, -0.1) is 0 Å². The molecule has 1 heterocycles. The fourth-order valence-corrected chi connectivity index (χ4v) is 2.10. The van der Waals surface area contributed by atoms with Crippen LogP contribution in [0.1, 0.15) is 19.3 Å². The van der Waals surface area contributed by atoms with E-state index in [2.05, 4.69) is 28.6 Å². The second kappa shape index (κ2) is 3.81. The molecule has 0 unspecified atom stereocenters. The minimum atomic E-state index is 0.995. The molecule has 1 aromatic heterocycles. The Morgan fingerprint density at radius 1 is 1.44 bits per heavy atom. The second-order valence-electron chi connectivity index (χ2n) is 4.70. The molecule has 3 nitrogen and oxygen atoms in total. The standard InChI is InChI=1S/C13H17N3/c1-16-13-5-4-12(8-11(13)9-15-16)14-7-6-10-2-3-10/h4-5,8-10,14H,2-3,6-7H2,1H3. The predicted octanol–water partition coefficient (Wildman–Crippen LogP) is 2.79. The van der Waals surface area contributed by atoms with Gasteiger partial charge in [0.25, 0.3) is 0 Å². The van der Waals surface area contributed by atoms with Gasteiger partial charge < -0.3 is 5.32 Å². The Balaban J connectivity index is 1.71. The third-order valence-corrected chi connectivity index (χ3v) is 3.32. The maximum atomic E-state index is 4.24. The molecule has 0 bridgehead atoms. The zero-order chi connectivity index (χ0) is 11.0. The van der Waals surface area contributed by atoms with E-state index in [-0.39, 0.29) is 0 Å². The smallest absolute Gasteiger partial charge is 0.0680 e. The van der Waals surface area contributed by atoms with Crippen molar-refractivity contribution in [2.24, 2.45) is 13.0 Å². The third kappa shape index (κ3) is 1.90. The topological polar surface area (TPSA) is 29.9 Å². The molecular formula is C13H17N3. The van der Waals surface area contributed by atoms with Gasteiger partial charge in [-0.3, -0.25) is 4.68 Å². The molecule has 0 saturated heterocycles. The van der Waals surface area contributed by atoms with Crippen LogP contribution in [0.2, 0.25) is 0 Å². The number of hydrogen-bond acceptors (Lipinski definition) is 2. The summed E-state index contributed by atoms with van der Waals surface area (Å²) < 4.78 is 1.91. The molecule has 3 rings (SSSR count). The molecule has 1 fully saturated rings. The van der Waals surface area contributed by atoms with Crippen molar-refractivity contribution in [2.75, 3.05) is 11.9 Å². The number of fused-ring (bicyclic) bond motifs is 1. The van der Waals surface area contributed by atoms with Gasteiger partial charge in [0, 0.05) is 24.7 Å². The van der Waals surface area contributed by atoms with Crippen LogP contribution in [0.4, 0.5) is 5.69 Å². The molecule has 1 saturated carbocycles. The van der Waals surface area contributed by atoms with E-state index in [1.54, 1.807) is 0 Å². The monoisotopic (exact) mass is 215 g/mol. The van der Waals surface area contributed by atoms with Crippen LogP contribution in [0.5, 0.6) is 0 Å². The summed E-state index contributed by atoms with van der Waals surface area (Å²) in [5.74, 6) is 0.995. The van der Waals surface area contributed by atoms with Gasteiger partial charge in [0.2, 0.25) is 0 Å². The fraction of sp³-hybridized carbons (Fsp3) is 0.462. The first-order valence-corrected chi connectivity index (χ1v) is 5.98. The summed E-state index contributed by atoms with van der Waals surface area (Å²) in [7, 11) is 1.97. The molecule has 0 aliphatic heterocycles. The van der Waals surface area contributed by atoms with Crippen LogP contribution in [0, 0.1) is 5.92 Å². The zero-order valence-electron chi connectivity index (χ0n) is 9.61. The molecule has 0 spiro atoms. The number of benzene rings is 1. The van der Waals surface area contributed by atoms with E-state index in [4.69, 9.17) is 0 Å². The largest absolute Gasteiger partial charge is 0.385 e. The minimum Gasteiger partial charge on any atom is -0.385 e. The lowest BCUT2D eigenvalue weighted by atomic mass is 10.2. The average molecular weight is 215 g/mol. The van der Waals surface area contributed by atoms with Crippen molar-refractivity contribution in [3.05, 3.63) is 24.4 Å². The van der Waals surface area contributed by atoms with E-state index in [1.807, 2.05) is 17.9 Å². The first-order valence-electron chi connectivity index (χ1n) is 5.98. The highest BCUT2D eigenvalue weighted by Crippen LogP contribution is 2.32. The van der Waals surface area contributed by atoms with Crippen molar-refractivity contribution in [1.82, 2.24) is 9.78 Å². The summed E-state index contributed by atoms with van der Waals surface area (Å²) >= 11 is 0. The van der Waals surface area contributed by atoms with Crippen LogP contribution in [0.15, 0.2) is 24.4 Å². The van der Waals surface area contributed by atoms with E-state index in [9.17, 15) is 0 Å². The molecule has 0 radical (unpaired) electrons. The summed E-state index contributed by atoms with van der Waals surface area (Å²) in [4.78, 5) is 0. The Hall–Kier alpha value is -1.51. The van der Waals surface area contributed by atoms with Crippen molar-refractivity contribution >= 4 is 16.6 Å². The van der Waals surface area contributed by atoms with E-state index in [1.165, 1.54) is 35.9 Å². The molecule has 3 heteroatoms. The molecule has 1 aromatic carbocycles. The van der Waals surface area contributed by atoms with Crippen molar-refractivity contribution in [2.45, 2.75) is 19.3 Å². The Bertz CT molecular complexity index is 497. The summed E-state index contributed by atoms with van der Waals surface area (Å²) in [6.07, 6.45) is 6.10. The van der Waals surface area contributed by atoms with Crippen molar-refractivity contribution in [1.29, 1.82) is 0 Å². The summed E-state index contributed by atoms with van der Waals surface area (Å²) in [6, 6.07) is 6.44. The third-order valence-electron chi connectivity index (χ3n) is 3.32. The predicted molar refractivity (Wildman–Crippen MR) is 66.5 cm³/mol. The lowest BCUT2D eigenvalue weighted by Gasteiger charge is -2.05. The lowest BCUT2D eigenvalue weighted by Crippen LogP contribution is -2.01. The van der Waals surface area contributed by atoms with Crippen molar-refractivity contribution in [3.8, 4) is 0 Å². The van der Waals surface area contributed by atoms with Gasteiger partial charge in [0.15, 0.2) is 0 Å². The summed E-state index contributed by atoms with van der Waals surface area (Å²) in [5.41, 5.74) is 2.40. The lowest BCUT2D eigenvalue weighted by molar-refractivity contribution is 0.760. The number of nitrogens with zero attached hydrogens (tertiary/aromatic N) is 2. The molecule has 16 heavy (non-hydrogen) atoms. The van der Waals surface area contributed by atoms with Gasteiger partial charge in [0.1, 0.15) is 0 Å². The Labute approximate surface area is 95.5 Å². The summed E-state index contributed by atoms with van der Waals surface area (Å²) in [6.45, 7) is 1.09. The highest BCUT2D eigenvalue weighted by molar-refractivity contribution is 5.82. The highest BCUT2D eigenvalue weighted by atomic mass is 15.2. The highest BCUT2D eigenvalue weighted by Gasteiger charge is 2.20. The van der Waals surface area contributed by atoms with Gasteiger partial charge in [-0.05, 0) is 30.5 Å². The molecule has 84 valence electrons. The number of aryl methyl sites for hydroxylation is 1. The van der Waals surface area contributed by atoms with E-state index < -0.39 is 0 Å². The first-order chi connectivity index (χ1) is 7.83. The quantitative estimate of drug-likeness (QED) is 0.850. The van der Waals surface area contributed by atoms with Crippen molar-refractivity contribution < 1.29 is 0 Å². The number of hydrogen-bond donors (Lipinski definition) is 1. The average Bonchev–Trinajstić information content (AvgIpc) is 3.04. The van der Waals surface area contributed by atoms with Crippen LogP contribution >= 0.6 is 0 Å². The fourth-order valence-electron chi connectivity index (χ4n) is 2.10. The van der Waals surface area contributed by atoms with Gasteiger partial charge in [-0.2, -0.15) is 5.10 Å². The normalized spacial score (nSPS) is 15.6. The number of anilines is 1. The van der Waals surface area contributed by atoms with Gasteiger partial charge in [0.05, 0.1) is 11.7 Å². The Morgan fingerprint density at radius 3 is 3.12 bits per heavy atom. The van der Waals surface area contributed by atoms with Crippen LogP contribution < -0.4 is 5.32 Å². The zero-order valence-corrected chi connectivity index (χ0v) is 9.61. The number of aromatic nitrogens is 2. The van der Waals surface area contributed by atoms with E-state index in [0.717, 1.165) is 12.5 Å². The minimum absolute atomic E-state index is 0.995. The van der Waals surface area contributed by atoms with Gasteiger partial charge >= 0.3 is 0 Å².